The minimum Gasteiger partial charge on any atom is -0.311 e. The summed E-state index contributed by atoms with van der Waals surface area (Å²) in [5, 5.41) is 27.2. The van der Waals surface area contributed by atoms with E-state index in [1.807, 2.05) is 30.3 Å². The molecule has 8 aromatic carbocycles. The molecule has 5 heteroatoms. The van der Waals surface area contributed by atoms with E-state index in [1.165, 1.54) is 26.3 Å². The average molecular weight is 719 g/mol. The lowest BCUT2D eigenvalue weighted by Gasteiger charge is -2.35. The molecule has 0 aliphatic rings. The summed E-state index contributed by atoms with van der Waals surface area (Å²) in [5.74, 6) is 0. The number of para-hydroxylation sites is 4. The number of benzene rings is 8. The van der Waals surface area contributed by atoms with E-state index < -0.39 is 8.07 Å². The molecule has 0 spiro atoms. The fourth-order valence-electron chi connectivity index (χ4n) is 8.18. The van der Waals surface area contributed by atoms with Gasteiger partial charge in [0.1, 0.15) is 12.1 Å². The van der Waals surface area contributed by atoms with Gasteiger partial charge in [0.15, 0.2) is 8.07 Å². The highest BCUT2D eigenvalue weighted by Crippen LogP contribution is 2.34. The van der Waals surface area contributed by atoms with E-state index in [1.54, 1.807) is 0 Å². The molecule has 55 heavy (non-hydrogen) atoms. The van der Waals surface area contributed by atoms with Crippen molar-refractivity contribution in [3.8, 4) is 17.8 Å². The fourth-order valence-corrected chi connectivity index (χ4v) is 12.9. The van der Waals surface area contributed by atoms with Crippen LogP contribution in [0.1, 0.15) is 11.1 Å². The predicted molar refractivity (Wildman–Crippen MR) is 229 cm³/mol. The molecule has 1 unspecified atom stereocenters. The fraction of sp³-hybridized carbons (Fsp3) is 0. The van der Waals surface area contributed by atoms with Crippen LogP contribution in [0.5, 0.6) is 0 Å². The van der Waals surface area contributed by atoms with Gasteiger partial charge in [0.25, 0.3) is 0 Å². The van der Waals surface area contributed by atoms with Crippen molar-refractivity contribution in [2.24, 2.45) is 0 Å². The zero-order valence-corrected chi connectivity index (χ0v) is 30.9. The van der Waals surface area contributed by atoms with E-state index in [2.05, 4.69) is 198 Å². The van der Waals surface area contributed by atoms with Gasteiger partial charge < -0.3 is 9.47 Å². The first kappa shape index (κ1) is 33.4. The van der Waals surface area contributed by atoms with Gasteiger partial charge in [-0.2, -0.15) is 10.5 Å². The van der Waals surface area contributed by atoms with Crippen molar-refractivity contribution in [3.63, 3.8) is 0 Å². The zero-order valence-electron chi connectivity index (χ0n) is 29.9. The van der Waals surface area contributed by atoms with Gasteiger partial charge in [-0.3, -0.25) is 0 Å². The van der Waals surface area contributed by atoms with Gasteiger partial charge in [-0.05, 0) is 93.5 Å². The van der Waals surface area contributed by atoms with Crippen molar-refractivity contribution < 1.29 is 0 Å². The molecule has 1 aromatic heterocycles. The Balaban J connectivity index is 1.28. The third-order valence-corrected chi connectivity index (χ3v) is 15.4. The van der Waals surface area contributed by atoms with Gasteiger partial charge in [0.05, 0.1) is 22.2 Å². The van der Waals surface area contributed by atoms with Crippen LogP contribution in [0.25, 0.3) is 27.5 Å². The van der Waals surface area contributed by atoms with Gasteiger partial charge in [-0.1, -0.05) is 133 Å². The Kier molecular flexibility index (Phi) is 8.61. The molecule has 1 heterocycles. The lowest BCUT2D eigenvalue weighted by Crippen LogP contribution is -2.74. The summed E-state index contributed by atoms with van der Waals surface area (Å²) < 4.78 is 2.34. The van der Waals surface area contributed by atoms with Gasteiger partial charge >= 0.3 is 0 Å². The minimum absolute atomic E-state index is 0.376. The first-order valence-electron chi connectivity index (χ1n) is 18.3. The maximum Gasteiger partial charge on any atom is 0.179 e. The van der Waals surface area contributed by atoms with Crippen molar-refractivity contribution in [1.82, 2.24) is 4.57 Å². The first-order valence-corrected chi connectivity index (χ1v) is 20.3. The molecule has 0 bridgehead atoms. The molecule has 0 saturated heterocycles. The van der Waals surface area contributed by atoms with E-state index in [4.69, 9.17) is 0 Å². The SMILES string of the molecule is N#Cc1ccc([Si](c2ccccc2)(c2ccc(N(c3ccccc3)c3ccccc3)cc2)c2ccc(-n3c4ccccc4c4ccccc43)cc2)cc1C#N. The third kappa shape index (κ3) is 5.68. The van der Waals surface area contributed by atoms with Crippen LogP contribution < -0.4 is 25.6 Å². The Morgan fingerprint density at radius 2 is 0.800 bits per heavy atom. The second kappa shape index (κ2) is 14.2. The highest BCUT2D eigenvalue weighted by molar-refractivity contribution is 7.19. The minimum atomic E-state index is -3.10. The molecule has 4 nitrogen and oxygen atoms in total. The predicted octanol–water partition coefficient (Wildman–Crippen LogP) is 9.37. The van der Waals surface area contributed by atoms with Gasteiger partial charge in [0.2, 0.25) is 0 Å². The average Bonchev–Trinajstić information content (AvgIpc) is 3.60. The second-order valence-electron chi connectivity index (χ2n) is 13.6. The molecule has 0 saturated carbocycles. The monoisotopic (exact) mass is 718 g/mol. The van der Waals surface area contributed by atoms with Crippen LogP contribution in [0.15, 0.2) is 206 Å². The molecule has 1 atom stereocenters. The summed E-state index contributed by atoms with van der Waals surface area (Å²) in [7, 11) is -3.10. The summed E-state index contributed by atoms with van der Waals surface area (Å²) in [6.45, 7) is 0. The number of fused-ring (bicyclic) bond motifs is 3. The maximum absolute atomic E-state index is 10.3. The van der Waals surface area contributed by atoms with Crippen LogP contribution in [0.3, 0.4) is 0 Å². The number of nitrogens with zero attached hydrogens (tertiary/aromatic N) is 4. The summed E-state index contributed by atoms with van der Waals surface area (Å²) in [4.78, 5) is 2.27. The molecule has 0 aliphatic carbocycles. The van der Waals surface area contributed by atoms with Gasteiger partial charge in [-0.15, -0.1) is 0 Å². The Morgan fingerprint density at radius 3 is 1.33 bits per heavy atom. The summed E-state index contributed by atoms with van der Waals surface area (Å²) >= 11 is 0. The Labute approximate surface area is 321 Å². The molecule has 9 aromatic rings. The highest BCUT2D eigenvalue weighted by Gasteiger charge is 2.42. The summed E-state index contributed by atoms with van der Waals surface area (Å²) in [6.07, 6.45) is 0. The number of nitriles is 2. The molecule has 0 aliphatic heterocycles. The molecular formula is C50H34N4Si. The number of anilines is 3. The molecule has 258 valence electrons. The van der Waals surface area contributed by atoms with E-state index in [9.17, 15) is 10.5 Å². The number of rotatable bonds is 8. The van der Waals surface area contributed by atoms with Crippen molar-refractivity contribution in [2.45, 2.75) is 0 Å². The smallest absolute Gasteiger partial charge is 0.179 e. The topological polar surface area (TPSA) is 55.8 Å². The molecule has 0 amide bonds. The van der Waals surface area contributed by atoms with Gasteiger partial charge in [0, 0.05) is 33.5 Å². The van der Waals surface area contributed by atoms with E-state index in [0.717, 1.165) is 39.0 Å². The number of aromatic nitrogens is 1. The first-order chi connectivity index (χ1) is 27.2. The lowest BCUT2D eigenvalue weighted by atomic mass is 10.1. The van der Waals surface area contributed by atoms with Crippen LogP contribution in [0.2, 0.25) is 0 Å². The molecule has 0 fully saturated rings. The molecule has 0 radical (unpaired) electrons. The van der Waals surface area contributed by atoms with Crippen LogP contribution >= 0.6 is 0 Å². The number of hydrogen-bond donors (Lipinski definition) is 0. The van der Waals surface area contributed by atoms with Crippen molar-refractivity contribution >= 4 is 67.7 Å². The molecule has 9 rings (SSSR count). The van der Waals surface area contributed by atoms with Gasteiger partial charge in [-0.25, -0.2) is 0 Å². The van der Waals surface area contributed by atoms with Crippen LogP contribution in [-0.2, 0) is 0 Å². The zero-order chi connectivity index (χ0) is 37.2. The van der Waals surface area contributed by atoms with Crippen LogP contribution in [0, 0.1) is 22.7 Å². The van der Waals surface area contributed by atoms with Crippen LogP contribution in [0.4, 0.5) is 17.1 Å². The largest absolute Gasteiger partial charge is 0.311 e. The Hall–Kier alpha value is -7.44. The summed E-state index contributed by atoms with van der Waals surface area (Å²) in [5.41, 5.74) is 7.32. The Morgan fingerprint density at radius 1 is 0.382 bits per heavy atom. The molecule has 0 N–H and O–H groups in total. The molecular weight excluding hydrogens is 685 g/mol. The maximum atomic E-state index is 10.3. The summed E-state index contributed by atoms with van der Waals surface area (Å²) in [6, 6.07) is 77.0. The Bertz CT molecular complexity index is 2780. The standard InChI is InChI=1S/C50H34N4Si/c51-35-37-24-29-46(34-38(37)36-52)55(43-18-8-3-9-19-43,44-30-25-41(26-31-44)53(39-14-4-1-5-15-39)40-16-6-2-7-17-40)45-32-27-42(28-33-45)54-49-22-12-10-20-47(49)48-21-11-13-23-50(48)54/h1-34H. The quantitative estimate of drug-likeness (QED) is 0.116. The second-order valence-corrected chi connectivity index (χ2v) is 17.4. The van der Waals surface area contributed by atoms with E-state index >= 15 is 0 Å². The van der Waals surface area contributed by atoms with E-state index in [-0.39, 0.29) is 0 Å². The highest BCUT2D eigenvalue weighted by atomic mass is 28.3. The normalized spacial score (nSPS) is 12.1. The van der Waals surface area contributed by atoms with Crippen molar-refractivity contribution in [3.05, 3.63) is 217 Å². The lowest BCUT2D eigenvalue weighted by molar-refractivity contribution is 1.18. The van der Waals surface area contributed by atoms with Crippen molar-refractivity contribution in [1.29, 1.82) is 10.5 Å². The van der Waals surface area contributed by atoms with Crippen LogP contribution in [-0.4, -0.2) is 12.6 Å². The third-order valence-electron chi connectivity index (χ3n) is 10.6. The van der Waals surface area contributed by atoms with E-state index in [0.29, 0.717) is 11.1 Å². The number of hydrogen-bond acceptors (Lipinski definition) is 3. The van der Waals surface area contributed by atoms with Crippen molar-refractivity contribution in [2.75, 3.05) is 4.90 Å².